The first-order valence-corrected chi connectivity index (χ1v) is 9.49. The normalized spacial score (nSPS) is 11.1. The van der Waals surface area contributed by atoms with Gasteiger partial charge in [-0.05, 0) is 28.5 Å². The van der Waals surface area contributed by atoms with E-state index >= 15 is 0 Å². The highest BCUT2D eigenvalue weighted by atomic mass is 15.5. The van der Waals surface area contributed by atoms with E-state index in [4.69, 9.17) is 0 Å². The van der Waals surface area contributed by atoms with Crippen LogP contribution in [0.15, 0.2) is 42.6 Å². The second-order valence-electron chi connectivity index (χ2n) is 6.54. The topological polar surface area (TPSA) is 98.1 Å². The molecule has 4 rings (SSSR count). The van der Waals surface area contributed by atoms with Gasteiger partial charge >= 0.3 is 0 Å². The van der Waals surface area contributed by atoms with Crippen LogP contribution in [-0.2, 0) is 19.4 Å². The van der Waals surface area contributed by atoms with Crippen LogP contribution in [0.2, 0.25) is 0 Å². The molecule has 0 spiro atoms. The molecule has 4 aromatic rings. The zero-order valence-corrected chi connectivity index (χ0v) is 16.0. The molecule has 0 saturated heterocycles. The molecule has 0 aliphatic carbocycles. The first kappa shape index (κ1) is 18.0. The lowest BCUT2D eigenvalue weighted by molar-refractivity contribution is 0.571. The van der Waals surface area contributed by atoms with Crippen LogP contribution in [0.3, 0.4) is 0 Å². The number of aryl methyl sites for hydroxylation is 2. The predicted molar refractivity (Wildman–Crippen MR) is 105 cm³/mol. The Morgan fingerprint density at radius 1 is 1.04 bits per heavy atom. The molecule has 8 heteroatoms. The summed E-state index contributed by atoms with van der Waals surface area (Å²) in [6.45, 7) is 5.11. The number of aromatic nitrogens is 8. The molecule has 0 amide bonds. The van der Waals surface area contributed by atoms with Crippen molar-refractivity contribution in [2.24, 2.45) is 0 Å². The second-order valence-corrected chi connectivity index (χ2v) is 6.54. The number of nitrogens with zero attached hydrogens (tertiary/aromatic N) is 7. The molecule has 1 aromatic carbocycles. The number of hydrogen-bond donors (Lipinski definition) is 1. The summed E-state index contributed by atoms with van der Waals surface area (Å²) in [5, 5.41) is 18.8. The van der Waals surface area contributed by atoms with Crippen molar-refractivity contribution in [2.45, 2.75) is 39.7 Å². The number of tetrazole rings is 1. The van der Waals surface area contributed by atoms with E-state index in [9.17, 15) is 0 Å². The largest absolute Gasteiger partial charge is 0.256 e. The van der Waals surface area contributed by atoms with Crippen LogP contribution in [0.1, 0.15) is 37.5 Å². The van der Waals surface area contributed by atoms with Gasteiger partial charge < -0.3 is 0 Å². The molecule has 8 nitrogen and oxygen atoms in total. The van der Waals surface area contributed by atoms with Crippen LogP contribution in [0.25, 0.3) is 22.6 Å². The number of H-pyrrole nitrogens is 1. The van der Waals surface area contributed by atoms with E-state index in [1.807, 2.05) is 41.2 Å². The number of nitrogens with one attached hydrogen (secondary N) is 1. The van der Waals surface area contributed by atoms with Crippen LogP contribution in [0, 0.1) is 0 Å². The molecular weight excluding hydrogens is 352 g/mol. The van der Waals surface area contributed by atoms with Gasteiger partial charge in [0.1, 0.15) is 5.82 Å². The Balaban J connectivity index is 1.60. The molecule has 0 fully saturated rings. The summed E-state index contributed by atoms with van der Waals surface area (Å²) >= 11 is 0. The molecule has 0 aliphatic heterocycles. The molecule has 142 valence electrons. The lowest BCUT2D eigenvalue weighted by atomic mass is 10.0. The van der Waals surface area contributed by atoms with Crippen molar-refractivity contribution in [1.29, 1.82) is 0 Å². The van der Waals surface area contributed by atoms with Crippen molar-refractivity contribution in [3.63, 3.8) is 0 Å². The van der Waals surface area contributed by atoms with Gasteiger partial charge in [0.25, 0.3) is 0 Å². The van der Waals surface area contributed by atoms with Gasteiger partial charge in [-0.1, -0.05) is 44.2 Å². The van der Waals surface area contributed by atoms with Gasteiger partial charge in [-0.3, -0.25) is 4.98 Å². The molecule has 0 bridgehead atoms. The third kappa shape index (κ3) is 3.66. The molecule has 28 heavy (non-hydrogen) atoms. The minimum absolute atomic E-state index is 0.626. The minimum atomic E-state index is 0.626. The molecule has 3 aromatic heterocycles. The molecule has 0 aliphatic rings. The summed E-state index contributed by atoms with van der Waals surface area (Å²) in [4.78, 5) is 9.35. The van der Waals surface area contributed by atoms with E-state index in [1.54, 1.807) is 0 Å². The standard InChI is InChI=1S/C20H22N8/c1-3-11-28-19(22-18(4-2)25-28)12-14-9-10-17(21-13-14)15-7-5-6-8-16(15)20-23-26-27-24-20/h5-10,13H,3-4,11-12H2,1-2H3,(H,23,24,26,27). The summed E-state index contributed by atoms with van der Waals surface area (Å²) in [5.74, 6) is 2.50. The number of rotatable bonds is 7. The SMILES string of the molecule is CCCn1nc(CC)nc1Cc1ccc(-c2ccccc2-c2nnn[nH]2)nc1. The summed E-state index contributed by atoms with van der Waals surface area (Å²) in [6, 6.07) is 12.1. The van der Waals surface area contributed by atoms with E-state index in [0.717, 1.165) is 53.4 Å². The summed E-state index contributed by atoms with van der Waals surface area (Å²) < 4.78 is 2.01. The third-order valence-electron chi connectivity index (χ3n) is 4.53. The highest BCUT2D eigenvalue weighted by Gasteiger charge is 2.12. The van der Waals surface area contributed by atoms with Crippen molar-refractivity contribution in [2.75, 3.05) is 0 Å². The van der Waals surface area contributed by atoms with Crippen molar-refractivity contribution >= 4 is 0 Å². The Hall–Kier alpha value is -3.42. The number of hydrogen-bond acceptors (Lipinski definition) is 6. The Bertz CT molecular complexity index is 1030. The quantitative estimate of drug-likeness (QED) is 0.534. The Kier molecular flexibility index (Phi) is 5.18. The fourth-order valence-corrected chi connectivity index (χ4v) is 3.15. The van der Waals surface area contributed by atoms with Crippen LogP contribution < -0.4 is 0 Å². The lowest BCUT2D eigenvalue weighted by Crippen LogP contribution is -2.06. The lowest BCUT2D eigenvalue weighted by Gasteiger charge is -2.08. The monoisotopic (exact) mass is 374 g/mol. The van der Waals surface area contributed by atoms with Gasteiger partial charge in [0.15, 0.2) is 11.6 Å². The third-order valence-corrected chi connectivity index (χ3v) is 4.53. The molecule has 0 unspecified atom stereocenters. The van der Waals surface area contributed by atoms with Gasteiger partial charge in [-0.25, -0.2) is 14.8 Å². The Labute approximate surface area is 163 Å². The molecule has 0 radical (unpaired) electrons. The van der Waals surface area contributed by atoms with Crippen molar-refractivity contribution in [1.82, 2.24) is 40.4 Å². The van der Waals surface area contributed by atoms with Crippen LogP contribution >= 0.6 is 0 Å². The maximum Gasteiger partial charge on any atom is 0.180 e. The average molecular weight is 374 g/mol. The second kappa shape index (κ2) is 8.08. The zero-order chi connectivity index (χ0) is 19.3. The van der Waals surface area contributed by atoms with Crippen molar-refractivity contribution in [3.8, 4) is 22.6 Å². The Morgan fingerprint density at radius 2 is 1.89 bits per heavy atom. The fourth-order valence-electron chi connectivity index (χ4n) is 3.15. The zero-order valence-electron chi connectivity index (χ0n) is 16.0. The van der Waals surface area contributed by atoms with Crippen molar-refractivity contribution < 1.29 is 0 Å². The average Bonchev–Trinajstić information content (AvgIpc) is 3.39. The summed E-state index contributed by atoms with van der Waals surface area (Å²) in [7, 11) is 0. The molecule has 3 heterocycles. The predicted octanol–water partition coefficient (Wildman–Crippen LogP) is 3.08. The summed E-state index contributed by atoms with van der Waals surface area (Å²) in [5.41, 5.74) is 3.88. The smallest absolute Gasteiger partial charge is 0.180 e. The number of aromatic amines is 1. The molecule has 0 atom stereocenters. The first-order valence-electron chi connectivity index (χ1n) is 9.49. The number of benzene rings is 1. The van der Waals surface area contributed by atoms with Crippen LogP contribution in [0.5, 0.6) is 0 Å². The van der Waals surface area contributed by atoms with E-state index in [-0.39, 0.29) is 0 Å². The van der Waals surface area contributed by atoms with Crippen LogP contribution in [0.4, 0.5) is 0 Å². The van der Waals surface area contributed by atoms with Gasteiger partial charge in [-0.2, -0.15) is 5.10 Å². The highest BCUT2D eigenvalue weighted by molar-refractivity contribution is 5.78. The highest BCUT2D eigenvalue weighted by Crippen LogP contribution is 2.28. The maximum absolute atomic E-state index is 4.68. The first-order chi connectivity index (χ1) is 13.8. The molecular formula is C20H22N8. The summed E-state index contributed by atoms with van der Waals surface area (Å²) in [6.07, 6.45) is 4.49. The van der Waals surface area contributed by atoms with Crippen LogP contribution in [-0.4, -0.2) is 40.4 Å². The minimum Gasteiger partial charge on any atom is -0.256 e. The Morgan fingerprint density at radius 3 is 2.57 bits per heavy atom. The van der Waals surface area contributed by atoms with Crippen molar-refractivity contribution in [3.05, 3.63) is 59.8 Å². The van der Waals surface area contributed by atoms with Gasteiger partial charge in [0, 0.05) is 36.7 Å². The van der Waals surface area contributed by atoms with E-state index in [1.165, 1.54) is 0 Å². The number of pyridine rings is 1. The van der Waals surface area contributed by atoms with E-state index < -0.39 is 0 Å². The van der Waals surface area contributed by atoms with Gasteiger partial charge in [0.2, 0.25) is 0 Å². The fraction of sp³-hybridized carbons (Fsp3) is 0.300. The van der Waals surface area contributed by atoms with E-state index in [0.29, 0.717) is 12.2 Å². The maximum atomic E-state index is 4.68. The van der Waals surface area contributed by atoms with E-state index in [2.05, 4.69) is 55.6 Å². The van der Waals surface area contributed by atoms with Gasteiger partial charge in [-0.15, -0.1) is 5.10 Å². The van der Waals surface area contributed by atoms with Gasteiger partial charge in [0.05, 0.1) is 5.69 Å². The molecule has 1 N–H and O–H groups in total. The molecule has 0 saturated carbocycles.